The Labute approximate surface area is 155 Å². The molecule has 0 aliphatic carbocycles. The van der Waals surface area contributed by atoms with E-state index >= 15 is 0 Å². The van der Waals surface area contributed by atoms with Gasteiger partial charge in [-0.1, -0.05) is 19.9 Å². The summed E-state index contributed by atoms with van der Waals surface area (Å²) >= 11 is 0. The second-order valence-electron chi connectivity index (χ2n) is 6.97. The molecule has 1 aromatic carbocycles. The maximum Gasteiger partial charge on any atom is 0.261 e. The van der Waals surface area contributed by atoms with Gasteiger partial charge < -0.3 is 10.4 Å². The number of aromatic hydroxyl groups is 1. The molecule has 3 N–H and O–H groups in total. The fraction of sp³-hybridized carbons (Fsp3) is 0.263. The molecule has 2 heterocycles. The van der Waals surface area contributed by atoms with Crippen LogP contribution in [0.3, 0.4) is 0 Å². The highest BCUT2D eigenvalue weighted by Crippen LogP contribution is 2.38. The number of hydrogen-bond acceptors (Lipinski definition) is 5. The Hall–Kier alpha value is -3.47. The lowest BCUT2D eigenvalue weighted by Gasteiger charge is -2.29. The molecule has 0 saturated heterocycles. The number of amides is 1. The van der Waals surface area contributed by atoms with Gasteiger partial charge >= 0.3 is 0 Å². The van der Waals surface area contributed by atoms with Gasteiger partial charge in [-0.25, -0.2) is 9.83 Å². The van der Waals surface area contributed by atoms with Gasteiger partial charge in [-0.2, -0.15) is 4.39 Å². The second kappa shape index (κ2) is 7.03. The van der Waals surface area contributed by atoms with E-state index in [1.54, 1.807) is 0 Å². The van der Waals surface area contributed by atoms with Crippen LogP contribution in [0.1, 0.15) is 24.2 Å². The molecule has 1 amide bonds. The summed E-state index contributed by atoms with van der Waals surface area (Å²) in [5.41, 5.74) is 0.376. The number of carbonyl (C=O) groups is 1. The van der Waals surface area contributed by atoms with Crippen LogP contribution in [0, 0.1) is 17.9 Å². The molecule has 0 fully saturated rings. The van der Waals surface area contributed by atoms with Crippen molar-refractivity contribution in [2.24, 2.45) is 10.4 Å². The summed E-state index contributed by atoms with van der Waals surface area (Å²) in [6.07, 6.45) is 1.24. The van der Waals surface area contributed by atoms with Gasteiger partial charge in [0, 0.05) is 30.3 Å². The van der Waals surface area contributed by atoms with E-state index in [0.717, 1.165) is 6.07 Å². The molecule has 3 rings (SSSR count). The van der Waals surface area contributed by atoms with E-state index in [-0.39, 0.29) is 33.5 Å². The van der Waals surface area contributed by atoms with Crippen LogP contribution in [0.5, 0.6) is 5.75 Å². The van der Waals surface area contributed by atoms with Crippen LogP contribution >= 0.6 is 0 Å². The van der Waals surface area contributed by atoms with Crippen LogP contribution < -0.4 is 10.6 Å². The number of halogens is 1. The fourth-order valence-corrected chi connectivity index (χ4v) is 2.74. The van der Waals surface area contributed by atoms with E-state index in [4.69, 9.17) is 6.57 Å². The maximum absolute atomic E-state index is 13.6. The summed E-state index contributed by atoms with van der Waals surface area (Å²) in [6, 6.07) is 5.23. The standard InChI is InChI=1S/C19H18FN5O2/c1-19(2)9-23-18(24-10-19)25-17(27)16-13(26)5-4-12(21-3)15(16)11-6-7-22-14(20)8-11/h4-8,26H,9-10H2,1-2H3,(H2,23,24,25,27). The summed E-state index contributed by atoms with van der Waals surface area (Å²) < 4.78 is 13.6. The maximum atomic E-state index is 13.6. The first kappa shape index (κ1) is 18.3. The van der Waals surface area contributed by atoms with Crippen LogP contribution in [0.15, 0.2) is 35.5 Å². The number of hydrogen-bond donors (Lipinski definition) is 3. The van der Waals surface area contributed by atoms with Gasteiger partial charge in [-0.05, 0) is 23.8 Å². The highest BCUT2D eigenvalue weighted by Gasteiger charge is 2.26. The lowest BCUT2D eigenvalue weighted by Crippen LogP contribution is -2.49. The van der Waals surface area contributed by atoms with E-state index < -0.39 is 11.9 Å². The van der Waals surface area contributed by atoms with Gasteiger partial charge in [0.25, 0.3) is 5.91 Å². The third-order valence-electron chi connectivity index (χ3n) is 4.16. The van der Waals surface area contributed by atoms with Crippen molar-refractivity contribution >= 4 is 17.6 Å². The summed E-state index contributed by atoms with van der Waals surface area (Å²) in [5.74, 6) is -1.42. The molecule has 0 saturated carbocycles. The summed E-state index contributed by atoms with van der Waals surface area (Å²) in [4.78, 5) is 24.0. The first-order valence-corrected chi connectivity index (χ1v) is 8.26. The zero-order chi connectivity index (χ0) is 19.6. The van der Waals surface area contributed by atoms with E-state index in [2.05, 4.69) is 25.5 Å². The van der Waals surface area contributed by atoms with E-state index in [1.807, 2.05) is 13.8 Å². The van der Waals surface area contributed by atoms with Crippen molar-refractivity contribution in [2.75, 3.05) is 13.1 Å². The molecule has 0 radical (unpaired) electrons. The number of nitrogens with zero attached hydrogens (tertiary/aromatic N) is 3. The van der Waals surface area contributed by atoms with Crippen molar-refractivity contribution < 1.29 is 14.3 Å². The number of pyridine rings is 1. The number of phenols is 1. The van der Waals surface area contributed by atoms with Crippen LogP contribution in [0.4, 0.5) is 10.1 Å². The Morgan fingerprint density at radius 1 is 1.41 bits per heavy atom. The minimum Gasteiger partial charge on any atom is -0.507 e. The average molecular weight is 367 g/mol. The van der Waals surface area contributed by atoms with Crippen molar-refractivity contribution in [3.05, 3.63) is 53.4 Å². The third-order valence-corrected chi connectivity index (χ3v) is 4.16. The molecule has 1 aromatic heterocycles. The number of benzene rings is 1. The van der Waals surface area contributed by atoms with Gasteiger partial charge in [0.2, 0.25) is 5.95 Å². The van der Waals surface area contributed by atoms with Gasteiger partial charge in [0.1, 0.15) is 5.75 Å². The summed E-state index contributed by atoms with van der Waals surface area (Å²) in [6.45, 7) is 12.6. The van der Waals surface area contributed by atoms with E-state index in [0.29, 0.717) is 19.0 Å². The number of rotatable bonds is 2. The molecule has 1 aliphatic heterocycles. The monoisotopic (exact) mass is 367 g/mol. The zero-order valence-corrected chi connectivity index (χ0v) is 14.9. The summed E-state index contributed by atoms with van der Waals surface area (Å²) in [7, 11) is 0. The van der Waals surface area contributed by atoms with E-state index in [1.165, 1.54) is 24.4 Å². The highest BCUT2D eigenvalue weighted by atomic mass is 19.1. The largest absolute Gasteiger partial charge is 0.507 e. The van der Waals surface area contributed by atoms with Gasteiger partial charge in [0.15, 0.2) is 11.6 Å². The average Bonchev–Trinajstić information content (AvgIpc) is 2.63. The Bertz CT molecular complexity index is 979. The van der Waals surface area contributed by atoms with Crippen molar-refractivity contribution in [1.82, 2.24) is 15.6 Å². The first-order chi connectivity index (χ1) is 12.8. The third kappa shape index (κ3) is 3.87. The minimum absolute atomic E-state index is 0.0277. The number of carbonyl (C=O) groups excluding carboxylic acids is 1. The number of phenolic OH excluding ortho intramolecular Hbond substituents is 1. The number of nitrogens with one attached hydrogen (secondary N) is 2. The normalized spacial score (nSPS) is 15.3. The van der Waals surface area contributed by atoms with Gasteiger partial charge in [-0.15, -0.1) is 0 Å². The topological polar surface area (TPSA) is 91.0 Å². The van der Waals surface area contributed by atoms with Crippen molar-refractivity contribution in [2.45, 2.75) is 13.8 Å². The molecule has 27 heavy (non-hydrogen) atoms. The second-order valence-corrected chi connectivity index (χ2v) is 6.97. The van der Waals surface area contributed by atoms with Crippen molar-refractivity contribution in [3.8, 4) is 16.9 Å². The number of aromatic nitrogens is 1. The van der Waals surface area contributed by atoms with Crippen LogP contribution in [0.2, 0.25) is 0 Å². The molecule has 0 atom stereocenters. The molecule has 8 heteroatoms. The SMILES string of the molecule is [C-]#[N+]c1ccc(O)c(C(=O)NC2=NCC(C)(C)CN2)c1-c1ccnc(F)c1. The Morgan fingerprint density at radius 2 is 2.19 bits per heavy atom. The highest BCUT2D eigenvalue weighted by molar-refractivity contribution is 6.12. The number of guanidine groups is 1. The van der Waals surface area contributed by atoms with Crippen LogP contribution in [0.25, 0.3) is 16.0 Å². The minimum atomic E-state index is -0.751. The molecule has 7 nitrogen and oxygen atoms in total. The molecule has 2 aromatic rings. The predicted molar refractivity (Wildman–Crippen MR) is 99.1 cm³/mol. The van der Waals surface area contributed by atoms with Crippen molar-refractivity contribution in [1.29, 1.82) is 0 Å². The Kier molecular flexibility index (Phi) is 4.77. The fourth-order valence-electron chi connectivity index (χ4n) is 2.74. The molecule has 0 bridgehead atoms. The van der Waals surface area contributed by atoms with E-state index in [9.17, 15) is 14.3 Å². The summed E-state index contributed by atoms with van der Waals surface area (Å²) in [5, 5.41) is 15.9. The Morgan fingerprint density at radius 3 is 2.81 bits per heavy atom. The molecule has 0 spiro atoms. The first-order valence-electron chi connectivity index (χ1n) is 8.26. The molecule has 138 valence electrons. The van der Waals surface area contributed by atoms with Crippen LogP contribution in [-0.4, -0.2) is 35.0 Å². The lowest BCUT2D eigenvalue weighted by atomic mass is 9.93. The predicted octanol–water partition coefficient (Wildman–Crippen LogP) is 2.86. The zero-order valence-electron chi connectivity index (χ0n) is 14.9. The number of aliphatic imine (C=N–C) groups is 1. The van der Waals surface area contributed by atoms with Crippen LogP contribution in [-0.2, 0) is 0 Å². The molecular formula is C19H18FN5O2. The quantitative estimate of drug-likeness (QED) is 0.562. The molecule has 1 aliphatic rings. The smallest absolute Gasteiger partial charge is 0.261 e. The molecular weight excluding hydrogens is 349 g/mol. The Balaban J connectivity index is 2.04. The lowest BCUT2D eigenvalue weighted by molar-refractivity contribution is 0.0972. The molecule has 0 unspecified atom stereocenters. The van der Waals surface area contributed by atoms with Gasteiger partial charge in [-0.3, -0.25) is 15.1 Å². The van der Waals surface area contributed by atoms with Crippen molar-refractivity contribution in [3.63, 3.8) is 0 Å². The van der Waals surface area contributed by atoms with Gasteiger partial charge in [0.05, 0.1) is 12.1 Å².